The molecule has 1 aliphatic carbocycles. The first-order valence-electron chi connectivity index (χ1n) is 2.73. The van der Waals surface area contributed by atoms with E-state index in [2.05, 4.69) is 0 Å². The molecule has 1 fully saturated rings. The minimum absolute atomic E-state index is 0.400. The Labute approximate surface area is 60.2 Å². The van der Waals surface area contributed by atoms with Gasteiger partial charge in [0.1, 0.15) is 0 Å². The third-order valence-electron chi connectivity index (χ3n) is 1.69. The second kappa shape index (κ2) is 2.00. The molecule has 1 saturated carbocycles. The summed E-state index contributed by atoms with van der Waals surface area (Å²) in [7, 11) is 0. The summed E-state index contributed by atoms with van der Waals surface area (Å²) in [5, 5.41) is 0. The highest BCUT2D eigenvalue weighted by Crippen LogP contribution is 2.55. The van der Waals surface area contributed by atoms with Crippen LogP contribution in [0.5, 0.6) is 0 Å². The Morgan fingerprint density at radius 3 is 1.90 bits per heavy atom. The van der Waals surface area contributed by atoms with E-state index in [-0.39, 0.29) is 0 Å². The van der Waals surface area contributed by atoms with Crippen LogP contribution in [0.3, 0.4) is 0 Å². The Morgan fingerprint density at radius 2 is 1.80 bits per heavy atom. The quantitative estimate of drug-likeness (QED) is 0.425. The van der Waals surface area contributed by atoms with Crippen LogP contribution >= 0.6 is 11.6 Å². The van der Waals surface area contributed by atoms with E-state index in [1.807, 2.05) is 0 Å². The van der Waals surface area contributed by atoms with E-state index in [0.29, 0.717) is 0 Å². The molecule has 0 N–H and O–H groups in total. The molecule has 0 bridgehead atoms. The van der Waals surface area contributed by atoms with Crippen LogP contribution in [0.2, 0.25) is 0 Å². The molecule has 0 amide bonds. The average Bonchev–Trinajstić information content (AvgIpc) is 1.83. The van der Waals surface area contributed by atoms with Crippen LogP contribution in [0.1, 0.15) is 6.42 Å². The Morgan fingerprint density at radius 1 is 1.30 bits per heavy atom. The number of rotatable bonds is 1. The van der Waals surface area contributed by atoms with Crippen LogP contribution in [0, 0.1) is 5.92 Å². The maximum absolute atomic E-state index is 12.1. The summed E-state index contributed by atoms with van der Waals surface area (Å²) in [5.74, 6) is -9.45. The summed E-state index contributed by atoms with van der Waals surface area (Å²) >= 11 is 5.00. The molecule has 1 rings (SSSR count). The maximum atomic E-state index is 12.1. The van der Waals surface area contributed by atoms with E-state index in [4.69, 9.17) is 11.6 Å². The van der Waals surface area contributed by atoms with Crippen molar-refractivity contribution in [3.8, 4) is 0 Å². The van der Waals surface area contributed by atoms with Gasteiger partial charge in [0.25, 0.3) is 0 Å². The molecule has 0 spiro atoms. The lowest BCUT2D eigenvalue weighted by molar-refractivity contribution is -0.308. The van der Waals surface area contributed by atoms with Crippen LogP contribution in [-0.4, -0.2) is 17.7 Å². The first-order valence-corrected chi connectivity index (χ1v) is 3.27. The molecule has 1 aliphatic rings. The zero-order chi connectivity index (χ0) is 7.99. The highest BCUT2D eigenvalue weighted by Gasteiger charge is 2.70. The maximum Gasteiger partial charge on any atom is 0.314 e. The van der Waals surface area contributed by atoms with Gasteiger partial charge >= 0.3 is 11.8 Å². The molecule has 0 aromatic heterocycles. The van der Waals surface area contributed by atoms with Crippen molar-refractivity contribution >= 4 is 11.6 Å². The van der Waals surface area contributed by atoms with Gasteiger partial charge in [-0.3, -0.25) is 0 Å². The fourth-order valence-electron chi connectivity index (χ4n) is 0.893. The summed E-state index contributed by atoms with van der Waals surface area (Å²) in [6, 6.07) is 0. The van der Waals surface area contributed by atoms with Crippen LogP contribution in [0.15, 0.2) is 0 Å². The van der Waals surface area contributed by atoms with Gasteiger partial charge in [-0.25, -0.2) is 0 Å². The van der Waals surface area contributed by atoms with Crippen LogP contribution in [-0.2, 0) is 0 Å². The SMILES string of the molecule is FC1(F)CC(CCl)C1(F)F. The molecule has 0 radical (unpaired) electrons. The normalized spacial score (nSPS) is 35.1. The van der Waals surface area contributed by atoms with E-state index >= 15 is 0 Å². The topological polar surface area (TPSA) is 0 Å². The van der Waals surface area contributed by atoms with Crippen molar-refractivity contribution in [2.24, 2.45) is 5.92 Å². The molecule has 1 atom stereocenters. The fourth-order valence-corrected chi connectivity index (χ4v) is 1.20. The first-order chi connectivity index (χ1) is 4.42. The van der Waals surface area contributed by atoms with Gasteiger partial charge in [0, 0.05) is 18.2 Å². The molecule has 60 valence electrons. The third kappa shape index (κ3) is 0.813. The highest BCUT2D eigenvalue weighted by atomic mass is 35.5. The van der Waals surface area contributed by atoms with E-state index in [1.165, 1.54) is 0 Å². The zero-order valence-electron chi connectivity index (χ0n) is 4.88. The van der Waals surface area contributed by atoms with Crippen molar-refractivity contribution in [3.05, 3.63) is 0 Å². The molecule has 5 heteroatoms. The van der Waals surface area contributed by atoms with Crippen molar-refractivity contribution in [1.82, 2.24) is 0 Å². The molecule has 10 heavy (non-hydrogen) atoms. The number of hydrogen-bond donors (Lipinski definition) is 0. The predicted octanol–water partition coefficient (Wildman–Crippen LogP) is 2.52. The molecule has 0 saturated heterocycles. The lowest BCUT2D eigenvalue weighted by Crippen LogP contribution is -2.59. The molecular weight excluding hydrogens is 171 g/mol. The van der Waals surface area contributed by atoms with Gasteiger partial charge in [0.15, 0.2) is 0 Å². The summed E-state index contributed by atoms with van der Waals surface area (Å²) in [6.07, 6.45) is -0.788. The number of alkyl halides is 5. The van der Waals surface area contributed by atoms with Crippen molar-refractivity contribution < 1.29 is 17.6 Å². The fraction of sp³-hybridized carbons (Fsp3) is 1.00. The summed E-state index contributed by atoms with van der Waals surface area (Å²) in [5.41, 5.74) is 0. The number of halogens is 5. The van der Waals surface area contributed by atoms with Gasteiger partial charge in [-0.05, 0) is 0 Å². The van der Waals surface area contributed by atoms with E-state index in [1.54, 1.807) is 0 Å². The van der Waals surface area contributed by atoms with Gasteiger partial charge < -0.3 is 0 Å². The summed E-state index contributed by atoms with van der Waals surface area (Å²) in [4.78, 5) is 0. The lowest BCUT2D eigenvalue weighted by Gasteiger charge is -2.42. The second-order valence-electron chi connectivity index (χ2n) is 2.38. The minimum atomic E-state index is -3.88. The average molecular weight is 177 g/mol. The van der Waals surface area contributed by atoms with Gasteiger partial charge in [0.05, 0.1) is 0 Å². The first kappa shape index (κ1) is 8.11. The van der Waals surface area contributed by atoms with Crippen molar-refractivity contribution in [2.75, 3.05) is 5.88 Å². The van der Waals surface area contributed by atoms with E-state index < -0.39 is 30.1 Å². The number of hydrogen-bond acceptors (Lipinski definition) is 0. The van der Waals surface area contributed by atoms with Gasteiger partial charge in [-0.1, -0.05) is 0 Å². The Bertz CT molecular complexity index is 145. The monoisotopic (exact) mass is 176 g/mol. The lowest BCUT2D eigenvalue weighted by atomic mass is 9.78. The van der Waals surface area contributed by atoms with Crippen molar-refractivity contribution in [1.29, 1.82) is 0 Å². The molecule has 0 aliphatic heterocycles. The summed E-state index contributed by atoms with van der Waals surface area (Å²) in [6.45, 7) is 0. The van der Waals surface area contributed by atoms with Crippen LogP contribution in [0.4, 0.5) is 17.6 Å². The van der Waals surface area contributed by atoms with E-state index in [0.717, 1.165) is 0 Å². The predicted molar refractivity (Wildman–Crippen MR) is 28.7 cm³/mol. The third-order valence-corrected chi connectivity index (χ3v) is 2.06. The molecule has 0 heterocycles. The Kier molecular flexibility index (Phi) is 1.62. The zero-order valence-corrected chi connectivity index (χ0v) is 5.64. The van der Waals surface area contributed by atoms with Crippen molar-refractivity contribution in [2.45, 2.75) is 18.3 Å². The van der Waals surface area contributed by atoms with Gasteiger partial charge in [-0.15, -0.1) is 11.6 Å². The molecule has 0 nitrogen and oxygen atoms in total. The standard InChI is InChI=1S/C5H5ClF4/c6-2-3-1-4(7,8)5(3,9)10/h3H,1-2H2. The van der Waals surface area contributed by atoms with E-state index in [9.17, 15) is 17.6 Å². The minimum Gasteiger partial charge on any atom is -0.200 e. The van der Waals surface area contributed by atoms with Crippen LogP contribution < -0.4 is 0 Å². The Hall–Kier alpha value is 0.01000. The van der Waals surface area contributed by atoms with Crippen LogP contribution in [0.25, 0.3) is 0 Å². The summed E-state index contributed by atoms with van der Waals surface area (Å²) < 4.78 is 48.2. The molecule has 0 aromatic rings. The largest absolute Gasteiger partial charge is 0.314 e. The smallest absolute Gasteiger partial charge is 0.200 e. The van der Waals surface area contributed by atoms with Gasteiger partial charge in [0.2, 0.25) is 0 Å². The Balaban J connectivity index is 2.65. The molecule has 1 unspecified atom stereocenters. The highest BCUT2D eigenvalue weighted by molar-refractivity contribution is 6.18. The second-order valence-corrected chi connectivity index (χ2v) is 2.69. The van der Waals surface area contributed by atoms with Crippen molar-refractivity contribution in [3.63, 3.8) is 0 Å². The molecular formula is C5H5ClF4. The molecule has 0 aromatic carbocycles. The van der Waals surface area contributed by atoms with Gasteiger partial charge in [-0.2, -0.15) is 17.6 Å².